The summed E-state index contributed by atoms with van der Waals surface area (Å²) >= 11 is 0. The van der Waals surface area contributed by atoms with Crippen LogP contribution in [0.15, 0.2) is 42.5 Å². The fourth-order valence-corrected chi connectivity index (χ4v) is 2.09. The quantitative estimate of drug-likeness (QED) is 0.809. The van der Waals surface area contributed by atoms with Gasteiger partial charge in [0.2, 0.25) is 5.91 Å². The lowest BCUT2D eigenvalue weighted by Crippen LogP contribution is -2.32. The number of ether oxygens (including phenoxy) is 2. The van der Waals surface area contributed by atoms with Gasteiger partial charge >= 0.3 is 0 Å². The van der Waals surface area contributed by atoms with Crippen molar-refractivity contribution in [1.29, 1.82) is 0 Å². The molecule has 1 unspecified atom stereocenters. The van der Waals surface area contributed by atoms with E-state index in [9.17, 15) is 4.79 Å². The highest BCUT2D eigenvalue weighted by atomic mass is 16.5. The zero-order chi connectivity index (χ0) is 14.0. The number of rotatable bonds is 6. The SMILES string of the molecule is O=C(C=CCOc1ccccc1)NCC1CCCOC1. The maximum Gasteiger partial charge on any atom is 0.243 e. The van der Waals surface area contributed by atoms with Crippen LogP contribution in [0.4, 0.5) is 0 Å². The molecule has 0 aliphatic carbocycles. The van der Waals surface area contributed by atoms with Crippen LogP contribution in [-0.2, 0) is 9.53 Å². The van der Waals surface area contributed by atoms with Crippen LogP contribution >= 0.6 is 0 Å². The molecule has 1 saturated heterocycles. The van der Waals surface area contributed by atoms with Crippen LogP contribution in [-0.4, -0.2) is 32.3 Å². The third-order valence-corrected chi connectivity index (χ3v) is 3.18. The maximum atomic E-state index is 11.6. The Kier molecular flexibility index (Phi) is 6.11. The summed E-state index contributed by atoms with van der Waals surface area (Å²) in [7, 11) is 0. The third-order valence-electron chi connectivity index (χ3n) is 3.18. The van der Waals surface area contributed by atoms with E-state index in [4.69, 9.17) is 9.47 Å². The Balaban J connectivity index is 1.60. The lowest BCUT2D eigenvalue weighted by atomic mass is 10.0. The molecule has 1 fully saturated rings. The van der Waals surface area contributed by atoms with E-state index in [2.05, 4.69) is 5.32 Å². The summed E-state index contributed by atoms with van der Waals surface area (Å²) in [6, 6.07) is 9.54. The van der Waals surface area contributed by atoms with Gasteiger partial charge in [-0.05, 0) is 37.0 Å². The smallest absolute Gasteiger partial charge is 0.243 e. The predicted molar refractivity (Wildman–Crippen MR) is 77.6 cm³/mol. The maximum absolute atomic E-state index is 11.6. The molecule has 0 bridgehead atoms. The molecular weight excluding hydrogens is 254 g/mol. The minimum atomic E-state index is -0.0766. The van der Waals surface area contributed by atoms with Crippen molar-refractivity contribution in [3.8, 4) is 5.75 Å². The van der Waals surface area contributed by atoms with E-state index in [0.29, 0.717) is 19.1 Å². The lowest BCUT2D eigenvalue weighted by molar-refractivity contribution is -0.116. The highest BCUT2D eigenvalue weighted by Gasteiger charge is 2.13. The molecule has 108 valence electrons. The molecular formula is C16H21NO3. The number of hydrogen-bond donors (Lipinski definition) is 1. The van der Waals surface area contributed by atoms with Gasteiger partial charge in [-0.3, -0.25) is 4.79 Å². The molecule has 2 rings (SSSR count). The van der Waals surface area contributed by atoms with E-state index in [-0.39, 0.29) is 5.91 Å². The summed E-state index contributed by atoms with van der Waals surface area (Å²) in [5, 5.41) is 2.89. The van der Waals surface area contributed by atoms with E-state index in [1.807, 2.05) is 30.3 Å². The second-order valence-corrected chi connectivity index (χ2v) is 4.85. The van der Waals surface area contributed by atoms with Crippen LogP contribution in [0.3, 0.4) is 0 Å². The Hall–Kier alpha value is -1.81. The van der Waals surface area contributed by atoms with Crippen molar-refractivity contribution in [2.45, 2.75) is 12.8 Å². The number of hydrogen-bond acceptors (Lipinski definition) is 3. The minimum Gasteiger partial charge on any atom is -0.490 e. The number of nitrogens with one attached hydrogen (secondary N) is 1. The first-order chi connectivity index (χ1) is 9.84. The van der Waals surface area contributed by atoms with Gasteiger partial charge in [-0.15, -0.1) is 0 Å². The molecule has 1 amide bonds. The van der Waals surface area contributed by atoms with Crippen molar-refractivity contribution < 1.29 is 14.3 Å². The number of carbonyl (C=O) groups is 1. The van der Waals surface area contributed by atoms with Crippen molar-refractivity contribution in [3.05, 3.63) is 42.5 Å². The van der Waals surface area contributed by atoms with E-state index < -0.39 is 0 Å². The van der Waals surface area contributed by atoms with Crippen LogP contribution in [0.1, 0.15) is 12.8 Å². The van der Waals surface area contributed by atoms with Crippen molar-refractivity contribution in [1.82, 2.24) is 5.32 Å². The molecule has 0 spiro atoms. The van der Waals surface area contributed by atoms with Crippen molar-refractivity contribution in [2.75, 3.05) is 26.4 Å². The molecule has 0 aromatic heterocycles. The molecule has 1 aromatic carbocycles. The number of amides is 1. The van der Waals surface area contributed by atoms with Crippen molar-refractivity contribution in [2.24, 2.45) is 5.92 Å². The van der Waals surface area contributed by atoms with Gasteiger partial charge < -0.3 is 14.8 Å². The molecule has 4 heteroatoms. The molecule has 1 atom stereocenters. The predicted octanol–water partition coefficient (Wildman–Crippen LogP) is 2.16. The summed E-state index contributed by atoms with van der Waals surface area (Å²) in [5.74, 6) is 1.17. The standard InChI is InChI=1S/C16H21NO3/c18-16(17-12-14-6-4-10-19-13-14)9-5-11-20-15-7-2-1-3-8-15/h1-3,5,7-9,14H,4,6,10-13H2,(H,17,18). The van der Waals surface area contributed by atoms with Crippen LogP contribution in [0, 0.1) is 5.92 Å². The van der Waals surface area contributed by atoms with Crippen LogP contribution in [0.2, 0.25) is 0 Å². The van der Waals surface area contributed by atoms with E-state index in [1.165, 1.54) is 6.08 Å². The third kappa shape index (κ3) is 5.45. The first kappa shape index (κ1) is 14.6. The highest BCUT2D eigenvalue weighted by Crippen LogP contribution is 2.12. The molecule has 0 saturated carbocycles. The lowest BCUT2D eigenvalue weighted by Gasteiger charge is -2.21. The first-order valence-electron chi connectivity index (χ1n) is 7.04. The largest absolute Gasteiger partial charge is 0.490 e. The molecule has 1 aliphatic rings. The van der Waals surface area contributed by atoms with Crippen LogP contribution in [0.25, 0.3) is 0 Å². The summed E-state index contributed by atoms with van der Waals surface area (Å²) in [6.45, 7) is 2.68. The van der Waals surface area contributed by atoms with Crippen LogP contribution in [0.5, 0.6) is 5.75 Å². The van der Waals surface area contributed by atoms with Gasteiger partial charge in [-0.2, -0.15) is 0 Å². The molecule has 4 nitrogen and oxygen atoms in total. The molecule has 1 N–H and O–H groups in total. The highest BCUT2D eigenvalue weighted by molar-refractivity contribution is 5.87. The van der Waals surface area contributed by atoms with Gasteiger partial charge in [0.15, 0.2) is 0 Å². The summed E-state index contributed by atoms with van der Waals surface area (Å²) in [6.07, 6.45) is 5.45. The van der Waals surface area contributed by atoms with Crippen molar-refractivity contribution in [3.63, 3.8) is 0 Å². The zero-order valence-corrected chi connectivity index (χ0v) is 11.6. The van der Waals surface area contributed by atoms with Gasteiger partial charge in [-0.25, -0.2) is 0 Å². The topological polar surface area (TPSA) is 47.6 Å². The van der Waals surface area contributed by atoms with Gasteiger partial charge in [-0.1, -0.05) is 18.2 Å². The van der Waals surface area contributed by atoms with E-state index in [1.54, 1.807) is 6.08 Å². The van der Waals surface area contributed by atoms with Gasteiger partial charge in [0.05, 0.1) is 6.61 Å². The van der Waals surface area contributed by atoms with Crippen LogP contribution < -0.4 is 10.1 Å². The molecule has 20 heavy (non-hydrogen) atoms. The fourth-order valence-electron chi connectivity index (χ4n) is 2.09. The first-order valence-corrected chi connectivity index (χ1v) is 7.04. The zero-order valence-electron chi connectivity index (χ0n) is 11.6. The van der Waals surface area contributed by atoms with E-state index >= 15 is 0 Å². The normalized spacial score (nSPS) is 18.9. The van der Waals surface area contributed by atoms with Crippen molar-refractivity contribution >= 4 is 5.91 Å². The molecule has 1 aromatic rings. The van der Waals surface area contributed by atoms with Gasteiger partial charge in [0, 0.05) is 19.2 Å². The van der Waals surface area contributed by atoms with Gasteiger partial charge in [0.1, 0.15) is 12.4 Å². The summed E-state index contributed by atoms with van der Waals surface area (Å²) in [5.41, 5.74) is 0. The minimum absolute atomic E-state index is 0.0766. The summed E-state index contributed by atoms with van der Waals surface area (Å²) in [4.78, 5) is 11.6. The second-order valence-electron chi connectivity index (χ2n) is 4.85. The van der Waals surface area contributed by atoms with Gasteiger partial charge in [0.25, 0.3) is 0 Å². The average molecular weight is 275 g/mol. The Morgan fingerprint density at radius 3 is 3.00 bits per heavy atom. The number of benzene rings is 1. The molecule has 1 heterocycles. The Labute approximate surface area is 119 Å². The molecule has 0 radical (unpaired) electrons. The van der Waals surface area contributed by atoms with E-state index in [0.717, 1.165) is 31.8 Å². The second kappa shape index (κ2) is 8.38. The fraction of sp³-hybridized carbons (Fsp3) is 0.438. The Bertz CT molecular complexity index is 425. The average Bonchev–Trinajstić information content (AvgIpc) is 2.52. The number of carbonyl (C=O) groups excluding carboxylic acids is 1. The Morgan fingerprint density at radius 2 is 2.25 bits per heavy atom. The monoisotopic (exact) mass is 275 g/mol. The number of para-hydroxylation sites is 1. The Morgan fingerprint density at radius 1 is 1.40 bits per heavy atom. The molecule has 1 aliphatic heterocycles. The summed E-state index contributed by atoms with van der Waals surface area (Å²) < 4.78 is 10.8.